The summed E-state index contributed by atoms with van der Waals surface area (Å²) in [6.07, 6.45) is -0.639. The number of aliphatic hydroxyl groups excluding tert-OH is 1. The van der Waals surface area contributed by atoms with E-state index in [1.54, 1.807) is 24.3 Å². The van der Waals surface area contributed by atoms with Crippen molar-refractivity contribution in [2.45, 2.75) is 30.5 Å². The Labute approximate surface area is 249 Å². The summed E-state index contributed by atoms with van der Waals surface area (Å²) in [6, 6.07) is 40.1. The van der Waals surface area contributed by atoms with Gasteiger partial charge in [0.1, 0.15) is 23.8 Å². The van der Waals surface area contributed by atoms with Crippen LogP contribution in [0.4, 0.5) is 5.82 Å². The van der Waals surface area contributed by atoms with Gasteiger partial charge in [0.25, 0.3) is 5.91 Å². The smallest absolute Gasteiger partial charge is 0.351 e. The molecular formula is C35H31N3O5. The number of carbonyl (C=O) groups excluding carboxylic acids is 1. The Bertz CT molecular complexity index is 1620. The van der Waals surface area contributed by atoms with Crippen LogP contribution < -0.4 is 11.0 Å². The molecule has 0 spiro atoms. The van der Waals surface area contributed by atoms with Crippen molar-refractivity contribution in [3.05, 3.63) is 166 Å². The third-order valence-electron chi connectivity index (χ3n) is 7.63. The average Bonchev–Trinajstić information content (AvgIpc) is 3.43. The molecule has 8 heteroatoms. The summed E-state index contributed by atoms with van der Waals surface area (Å²) in [6.45, 7) is 0.0593. The summed E-state index contributed by atoms with van der Waals surface area (Å²) in [4.78, 5) is 29.4. The molecule has 1 saturated heterocycles. The Kier molecular flexibility index (Phi) is 8.24. The molecule has 5 aromatic rings. The van der Waals surface area contributed by atoms with Crippen LogP contribution >= 0.6 is 0 Å². The summed E-state index contributed by atoms with van der Waals surface area (Å²) in [5, 5.41) is 13.7. The highest BCUT2D eigenvalue weighted by molar-refractivity contribution is 6.03. The Balaban J connectivity index is 1.23. The Morgan fingerprint density at radius 3 is 1.86 bits per heavy atom. The lowest BCUT2D eigenvalue weighted by atomic mass is 9.80. The van der Waals surface area contributed by atoms with Crippen molar-refractivity contribution >= 4 is 11.7 Å². The van der Waals surface area contributed by atoms with Crippen LogP contribution in [0.1, 0.15) is 39.7 Å². The van der Waals surface area contributed by atoms with Gasteiger partial charge in [0.2, 0.25) is 0 Å². The van der Waals surface area contributed by atoms with Crippen LogP contribution in [-0.2, 0) is 15.1 Å². The molecule has 43 heavy (non-hydrogen) atoms. The van der Waals surface area contributed by atoms with Crippen molar-refractivity contribution in [2.75, 3.05) is 11.9 Å². The Morgan fingerprint density at radius 2 is 1.35 bits per heavy atom. The van der Waals surface area contributed by atoms with Crippen molar-refractivity contribution in [1.82, 2.24) is 9.55 Å². The molecule has 1 fully saturated rings. The molecule has 2 N–H and O–H groups in total. The van der Waals surface area contributed by atoms with Crippen molar-refractivity contribution in [1.29, 1.82) is 0 Å². The van der Waals surface area contributed by atoms with Crippen molar-refractivity contribution in [3.63, 3.8) is 0 Å². The number of hydrogen-bond acceptors (Lipinski definition) is 6. The number of benzene rings is 4. The lowest BCUT2D eigenvalue weighted by Gasteiger charge is -2.37. The molecule has 2 heterocycles. The standard InChI is InChI=1S/C35H31N3O5/c39-29-23-32(38-22-21-31(37-34(38)41)36-33(40)25-13-5-1-6-14-25)43-30(29)24-42-35(26-15-7-2-8-16-26,27-17-9-3-10-18-27)28-19-11-4-12-20-28/h1-22,29-30,32,39H,23-24H2,(H,36,37,40,41)/t29-,30+,32-/m1/s1. The first-order valence-corrected chi connectivity index (χ1v) is 14.1. The van der Waals surface area contributed by atoms with Crippen LogP contribution in [0.25, 0.3) is 0 Å². The van der Waals surface area contributed by atoms with Crippen LogP contribution in [0.5, 0.6) is 0 Å². The summed E-state index contributed by atoms with van der Waals surface area (Å²) in [7, 11) is 0. The highest BCUT2D eigenvalue weighted by Crippen LogP contribution is 2.41. The normalized spacial score (nSPS) is 18.3. The SMILES string of the molecule is O=C(Nc1ccn([C@H]2C[C@@H](O)[C@H](COC(c3ccccc3)(c3ccccc3)c3ccccc3)O2)c(=O)n1)c1ccccc1. The first-order valence-electron chi connectivity index (χ1n) is 14.1. The van der Waals surface area contributed by atoms with Gasteiger partial charge in [0.05, 0.1) is 12.7 Å². The third-order valence-corrected chi connectivity index (χ3v) is 7.63. The maximum absolute atomic E-state index is 12.9. The minimum absolute atomic E-state index is 0.0593. The molecule has 8 nitrogen and oxygen atoms in total. The molecular weight excluding hydrogens is 542 g/mol. The fourth-order valence-corrected chi connectivity index (χ4v) is 5.49. The van der Waals surface area contributed by atoms with Crippen LogP contribution in [0.2, 0.25) is 0 Å². The lowest BCUT2D eigenvalue weighted by molar-refractivity contribution is -0.0943. The minimum atomic E-state index is -0.970. The monoisotopic (exact) mass is 573 g/mol. The zero-order valence-corrected chi connectivity index (χ0v) is 23.3. The van der Waals surface area contributed by atoms with Crippen LogP contribution in [0, 0.1) is 0 Å². The number of aromatic nitrogens is 2. The predicted molar refractivity (Wildman–Crippen MR) is 163 cm³/mol. The number of amides is 1. The van der Waals surface area contributed by atoms with Gasteiger partial charge in [-0.25, -0.2) is 4.79 Å². The molecule has 1 amide bonds. The zero-order chi connectivity index (χ0) is 29.6. The number of nitrogens with zero attached hydrogens (tertiary/aromatic N) is 2. The van der Waals surface area contributed by atoms with Gasteiger partial charge in [-0.1, -0.05) is 109 Å². The fourth-order valence-electron chi connectivity index (χ4n) is 5.49. The van der Waals surface area contributed by atoms with E-state index in [0.29, 0.717) is 5.56 Å². The van der Waals surface area contributed by atoms with Gasteiger partial charge < -0.3 is 19.9 Å². The van der Waals surface area contributed by atoms with E-state index in [9.17, 15) is 14.7 Å². The lowest BCUT2D eigenvalue weighted by Crippen LogP contribution is -2.38. The summed E-state index contributed by atoms with van der Waals surface area (Å²) < 4.78 is 14.3. The number of carbonyl (C=O) groups is 1. The van der Waals surface area contributed by atoms with Crippen molar-refractivity contribution < 1.29 is 19.4 Å². The Morgan fingerprint density at radius 1 is 0.837 bits per heavy atom. The molecule has 6 rings (SSSR count). The molecule has 0 aliphatic carbocycles. The molecule has 216 valence electrons. The van der Waals surface area contributed by atoms with Gasteiger partial charge in [-0.2, -0.15) is 4.98 Å². The van der Waals surface area contributed by atoms with E-state index in [1.807, 2.05) is 97.1 Å². The summed E-state index contributed by atoms with van der Waals surface area (Å²) in [5.41, 5.74) is 1.69. The average molecular weight is 574 g/mol. The minimum Gasteiger partial charge on any atom is -0.390 e. The van der Waals surface area contributed by atoms with Gasteiger partial charge in [0, 0.05) is 18.2 Å². The molecule has 4 aromatic carbocycles. The number of hydrogen-bond donors (Lipinski definition) is 2. The molecule has 0 unspecified atom stereocenters. The molecule has 0 bridgehead atoms. The van der Waals surface area contributed by atoms with Crippen LogP contribution in [-0.4, -0.2) is 39.4 Å². The number of nitrogens with one attached hydrogen (secondary N) is 1. The van der Waals surface area contributed by atoms with E-state index < -0.39 is 29.7 Å². The number of ether oxygens (including phenoxy) is 2. The second-order valence-corrected chi connectivity index (χ2v) is 10.3. The van der Waals surface area contributed by atoms with Crippen molar-refractivity contribution in [3.8, 4) is 0 Å². The van der Waals surface area contributed by atoms with Gasteiger partial charge in [0.15, 0.2) is 0 Å². The van der Waals surface area contributed by atoms with Crippen molar-refractivity contribution in [2.24, 2.45) is 0 Å². The summed E-state index contributed by atoms with van der Waals surface area (Å²) in [5.74, 6) is -0.236. The van der Waals surface area contributed by atoms with Crippen LogP contribution in [0.15, 0.2) is 138 Å². The zero-order valence-electron chi connectivity index (χ0n) is 23.3. The second kappa shape index (κ2) is 12.5. The van der Waals surface area contributed by atoms with E-state index >= 15 is 0 Å². The molecule has 1 aliphatic rings. The van der Waals surface area contributed by atoms with Gasteiger partial charge in [-0.15, -0.1) is 0 Å². The van der Waals surface area contributed by atoms with Crippen LogP contribution in [0.3, 0.4) is 0 Å². The molecule has 3 atom stereocenters. The Hall–Kier alpha value is -4.89. The topological polar surface area (TPSA) is 103 Å². The van der Waals surface area contributed by atoms with E-state index in [4.69, 9.17) is 9.47 Å². The van der Waals surface area contributed by atoms with E-state index in [2.05, 4.69) is 10.3 Å². The molecule has 1 aliphatic heterocycles. The molecule has 0 radical (unpaired) electrons. The first kappa shape index (κ1) is 28.2. The number of aliphatic hydroxyl groups is 1. The quantitative estimate of drug-likeness (QED) is 0.237. The highest BCUT2D eigenvalue weighted by atomic mass is 16.6. The maximum atomic E-state index is 12.9. The maximum Gasteiger partial charge on any atom is 0.351 e. The van der Waals surface area contributed by atoms with Gasteiger partial charge in [-0.05, 0) is 34.9 Å². The van der Waals surface area contributed by atoms with E-state index in [-0.39, 0.29) is 24.8 Å². The largest absolute Gasteiger partial charge is 0.390 e. The molecule has 1 aromatic heterocycles. The second-order valence-electron chi connectivity index (χ2n) is 10.3. The first-order chi connectivity index (χ1) is 21.0. The van der Waals surface area contributed by atoms with E-state index in [1.165, 1.54) is 16.8 Å². The van der Waals surface area contributed by atoms with Gasteiger partial charge >= 0.3 is 5.69 Å². The third kappa shape index (κ3) is 5.89. The number of rotatable bonds is 9. The highest BCUT2D eigenvalue weighted by Gasteiger charge is 2.41. The van der Waals surface area contributed by atoms with E-state index in [0.717, 1.165) is 16.7 Å². The molecule has 0 saturated carbocycles. The fraction of sp³-hybridized carbons (Fsp3) is 0.171. The summed E-state index contributed by atoms with van der Waals surface area (Å²) >= 11 is 0. The number of anilines is 1. The van der Waals surface area contributed by atoms with Gasteiger partial charge in [-0.3, -0.25) is 9.36 Å². The predicted octanol–water partition coefficient (Wildman–Crippen LogP) is 5.15.